The van der Waals surface area contributed by atoms with Crippen molar-refractivity contribution in [2.24, 2.45) is 51.6 Å². The highest BCUT2D eigenvalue weighted by molar-refractivity contribution is 5.99. The Hall–Kier alpha value is -11.1. The van der Waals surface area contributed by atoms with Crippen LogP contribution in [0.1, 0.15) is 147 Å². The van der Waals surface area contributed by atoms with Gasteiger partial charge in [-0.1, -0.05) is 50.1 Å². The Morgan fingerprint density at radius 3 is 0.815 bits per heavy atom. The highest BCUT2D eigenvalue weighted by Gasteiger charge is 2.36. The second-order valence-corrected chi connectivity index (χ2v) is 25.6. The second kappa shape index (κ2) is 55.4. The molecule has 0 fully saturated rings. The van der Waals surface area contributed by atoms with E-state index in [0.717, 1.165) is 5.56 Å². The zero-order valence-corrected chi connectivity index (χ0v) is 61.7. The number of nitrogens with two attached hydrogens (primary N) is 9. The van der Waals surface area contributed by atoms with Gasteiger partial charge in [0.1, 0.15) is 54.4 Å². The predicted octanol–water partition coefficient (Wildman–Crippen LogP) is -7.85. The minimum Gasteiger partial charge on any atom is -0.480 e. The van der Waals surface area contributed by atoms with Crippen LogP contribution in [0.4, 0.5) is 0 Å². The summed E-state index contributed by atoms with van der Waals surface area (Å²) in [5.41, 5.74) is 51.8. The number of carboxylic acids is 1. The number of rotatable bonds is 58. The first-order valence-electron chi connectivity index (χ1n) is 36.2. The number of hydrogen-bond acceptors (Lipinski definition) is 20. The molecule has 108 heavy (non-hydrogen) atoms. The van der Waals surface area contributed by atoms with Crippen molar-refractivity contribution < 1.29 is 57.8 Å². The molecule has 10 amide bonds. The molecule has 0 heterocycles. The quantitative estimate of drug-likeness (QED) is 0.0164. The van der Waals surface area contributed by atoms with Crippen LogP contribution in [0.25, 0.3) is 0 Å². The molecule has 0 saturated heterocycles. The van der Waals surface area contributed by atoms with Crippen molar-refractivity contribution >= 4 is 101 Å². The van der Waals surface area contributed by atoms with Gasteiger partial charge in [0.15, 0.2) is 35.8 Å². The van der Waals surface area contributed by atoms with E-state index in [0.29, 0.717) is 32.1 Å². The molecule has 41 N–H and O–H groups in total. The number of nitrogens with one attached hydrogen (secondary N) is 22. The van der Waals surface area contributed by atoms with Crippen LogP contribution in [0.15, 0.2) is 30.3 Å². The lowest BCUT2D eigenvalue weighted by Crippen LogP contribution is -2.60. The number of carboxylic acid groups (broad SMARTS) is 1. The SMILES string of the molecule is CCCC[C@H](NC(=O)[C@@H](CCCNC(=N)N)NC(=O)[C@H](CCCNC(=N)N)NC(=O)[C@H](CCCNC(=N)N)NC(=O)[C@H](CCCNC(=N)N)NC(=O)[C@H](CCCCN)NC(=O)[C@H](CCCNC(=N)N)NC(=O)[C@H](CCCNC(=N)N)NC(=O)[C@H](CCCCN)NC(=O)CNC(=O)[C@@H](N)Cc1ccccc1)C(=O)O. The molecule has 0 aliphatic heterocycles. The Kier molecular flexibility index (Phi) is 48.6. The molecule has 0 radical (unpaired) electrons. The Labute approximate surface area is 629 Å². The smallest absolute Gasteiger partial charge is 0.326 e. The van der Waals surface area contributed by atoms with Crippen LogP contribution in [0, 0.1) is 32.5 Å². The molecule has 43 nitrogen and oxygen atoms in total. The number of aliphatic carboxylic acids is 1. The third-order valence-corrected chi connectivity index (χ3v) is 16.4. The normalized spacial score (nSPS) is 13.6. The summed E-state index contributed by atoms with van der Waals surface area (Å²) in [5, 5.41) is 97.8. The fourth-order valence-electron chi connectivity index (χ4n) is 10.7. The summed E-state index contributed by atoms with van der Waals surface area (Å²) >= 11 is 0. The molecule has 0 aliphatic carbocycles. The van der Waals surface area contributed by atoms with Crippen LogP contribution in [0.3, 0.4) is 0 Å². The van der Waals surface area contributed by atoms with Gasteiger partial charge in [0.2, 0.25) is 59.1 Å². The van der Waals surface area contributed by atoms with Gasteiger partial charge < -0.3 is 142 Å². The Balaban J connectivity index is 3.91. The van der Waals surface area contributed by atoms with Crippen LogP contribution in [-0.4, -0.2) is 225 Å². The van der Waals surface area contributed by atoms with E-state index < -0.39 is 156 Å². The van der Waals surface area contributed by atoms with Crippen molar-refractivity contribution in [1.29, 1.82) is 32.5 Å². The largest absolute Gasteiger partial charge is 0.480 e. The Bertz CT molecular complexity index is 3060. The van der Waals surface area contributed by atoms with Gasteiger partial charge in [-0.3, -0.25) is 80.4 Å². The third kappa shape index (κ3) is 44.0. The van der Waals surface area contributed by atoms with E-state index in [1.165, 1.54) is 0 Å². The fourth-order valence-corrected chi connectivity index (χ4v) is 10.7. The standard InChI is InChI=1S/C65H121N31O12/c1-2-3-19-48(59(107)108)96-58(106)47(27-16-35-86-65(79)80)95-57(105)46(26-15-34-85-64(77)78)94-56(104)45(25-14-33-84-63(75)76)93-55(103)44(24-13-32-83-62(73)74)91-52(100)41(21-8-10-29-67)89-53(101)43(23-12-31-82-61(71)72)92-54(102)42(22-11-30-81-60(69)70)90-51(99)40(20-7-9-28-66)88-49(97)37-87-50(98)39(68)36-38-17-5-4-6-18-38/h4-6,17-18,39-48H,2-3,7-16,19-37,66-68H2,1H3,(H,87,98)(H,88,97)(H,89,101)(H,90,99)(H,91,100)(H,92,102)(H,93,103)(H,94,104)(H,95,105)(H,96,106)(H,107,108)(H4,69,70,81)(H4,71,72,82)(H4,73,74,83)(H4,75,76,84)(H4,77,78,85)(H4,79,80,86)/t39-,40-,41-,42-,43-,44-,45-,46-,47+,48-/m0/s1. The summed E-state index contributed by atoms with van der Waals surface area (Å²) in [6.45, 7) is 1.80. The van der Waals surface area contributed by atoms with Crippen LogP contribution >= 0.6 is 0 Å². The van der Waals surface area contributed by atoms with Crippen molar-refractivity contribution in [1.82, 2.24) is 85.1 Å². The van der Waals surface area contributed by atoms with E-state index >= 15 is 0 Å². The molecule has 0 unspecified atom stereocenters. The van der Waals surface area contributed by atoms with E-state index in [1.807, 2.05) is 6.92 Å². The number of carbonyl (C=O) groups is 11. The lowest BCUT2D eigenvalue weighted by molar-refractivity contribution is -0.142. The summed E-state index contributed by atoms with van der Waals surface area (Å²) < 4.78 is 0. The molecular weight excluding hydrogens is 1410 g/mol. The molecule has 608 valence electrons. The Morgan fingerprint density at radius 1 is 0.333 bits per heavy atom. The molecule has 43 heteroatoms. The summed E-state index contributed by atoms with van der Waals surface area (Å²) in [6, 6.07) is -5.12. The number of hydrogen-bond donors (Lipinski definition) is 32. The van der Waals surface area contributed by atoms with Crippen molar-refractivity contribution in [2.75, 3.05) is 58.9 Å². The average Bonchev–Trinajstić information content (AvgIpc) is 0.862. The zero-order chi connectivity index (χ0) is 80.9. The molecule has 1 aromatic rings. The van der Waals surface area contributed by atoms with E-state index in [2.05, 4.69) is 85.1 Å². The lowest BCUT2D eigenvalue weighted by atomic mass is 10.0. The van der Waals surface area contributed by atoms with Crippen LogP contribution in [-0.2, 0) is 59.2 Å². The number of amides is 10. The zero-order valence-electron chi connectivity index (χ0n) is 61.7. The summed E-state index contributed by atoms with van der Waals surface area (Å²) in [6.07, 6.45) is 1.96. The topological polar surface area (TPSA) is 778 Å². The summed E-state index contributed by atoms with van der Waals surface area (Å²) in [7, 11) is 0. The van der Waals surface area contributed by atoms with Gasteiger partial charge >= 0.3 is 5.97 Å². The summed E-state index contributed by atoms with van der Waals surface area (Å²) in [4.78, 5) is 155. The van der Waals surface area contributed by atoms with Gasteiger partial charge in [0.25, 0.3) is 0 Å². The van der Waals surface area contributed by atoms with E-state index in [4.69, 9.17) is 84.1 Å². The van der Waals surface area contributed by atoms with Crippen LogP contribution in [0.2, 0.25) is 0 Å². The van der Waals surface area contributed by atoms with Gasteiger partial charge in [0.05, 0.1) is 12.6 Å². The number of guanidine groups is 6. The van der Waals surface area contributed by atoms with Crippen LogP contribution in [0.5, 0.6) is 0 Å². The van der Waals surface area contributed by atoms with Gasteiger partial charge in [-0.05, 0) is 147 Å². The van der Waals surface area contributed by atoms with E-state index in [-0.39, 0.29) is 173 Å². The number of benzene rings is 1. The van der Waals surface area contributed by atoms with Crippen molar-refractivity contribution in [2.45, 2.75) is 209 Å². The second-order valence-electron chi connectivity index (χ2n) is 25.6. The minimum atomic E-state index is -1.55. The van der Waals surface area contributed by atoms with Gasteiger partial charge in [-0.15, -0.1) is 0 Å². The lowest BCUT2D eigenvalue weighted by Gasteiger charge is -2.28. The molecule has 0 aromatic heterocycles. The highest BCUT2D eigenvalue weighted by atomic mass is 16.4. The molecule has 0 saturated carbocycles. The monoisotopic (exact) mass is 1530 g/mol. The number of carbonyl (C=O) groups excluding carboxylic acids is 10. The van der Waals surface area contributed by atoms with Crippen molar-refractivity contribution in [3.05, 3.63) is 35.9 Å². The molecule has 1 rings (SSSR count). The first-order chi connectivity index (χ1) is 51.3. The van der Waals surface area contributed by atoms with E-state index in [1.54, 1.807) is 30.3 Å². The molecule has 0 bridgehead atoms. The highest BCUT2D eigenvalue weighted by Crippen LogP contribution is 2.13. The summed E-state index contributed by atoms with van der Waals surface area (Å²) in [5.74, 6) is -12.5. The van der Waals surface area contributed by atoms with Crippen LogP contribution < -0.4 is 137 Å². The molecule has 1 aromatic carbocycles. The maximum atomic E-state index is 14.9. The molecule has 0 spiro atoms. The van der Waals surface area contributed by atoms with Gasteiger partial charge in [-0.2, -0.15) is 0 Å². The predicted molar refractivity (Wildman–Crippen MR) is 406 cm³/mol. The maximum absolute atomic E-state index is 14.9. The first kappa shape index (κ1) is 94.9. The Morgan fingerprint density at radius 2 is 0.574 bits per heavy atom. The average molecular weight is 1530 g/mol. The minimum absolute atomic E-state index is 0.00391. The first-order valence-corrected chi connectivity index (χ1v) is 36.2. The van der Waals surface area contributed by atoms with Gasteiger partial charge in [-0.25, -0.2) is 4.79 Å². The molecular formula is C65H121N31O12. The van der Waals surface area contributed by atoms with E-state index in [9.17, 15) is 57.8 Å². The third-order valence-electron chi connectivity index (χ3n) is 16.4. The maximum Gasteiger partial charge on any atom is 0.326 e. The fraction of sp³-hybridized carbons (Fsp3) is 0.646. The van der Waals surface area contributed by atoms with Crippen molar-refractivity contribution in [3.63, 3.8) is 0 Å². The van der Waals surface area contributed by atoms with Crippen molar-refractivity contribution in [3.8, 4) is 0 Å². The number of unbranched alkanes of at least 4 members (excludes halogenated alkanes) is 3. The van der Waals surface area contributed by atoms with Gasteiger partial charge in [0, 0.05) is 39.3 Å². The molecule has 10 atom stereocenters. The molecule has 0 aliphatic rings.